The van der Waals surface area contributed by atoms with Crippen LogP contribution in [0.5, 0.6) is 11.5 Å². The fraction of sp³-hybridized carbons (Fsp3) is 0.182. The van der Waals surface area contributed by atoms with Crippen molar-refractivity contribution >= 4 is 11.6 Å². The Bertz CT molecular complexity index is 929. The Balaban J connectivity index is 2.01. The van der Waals surface area contributed by atoms with E-state index in [0.717, 1.165) is 5.56 Å². The van der Waals surface area contributed by atoms with Gasteiger partial charge >= 0.3 is 0 Å². The summed E-state index contributed by atoms with van der Waals surface area (Å²) >= 11 is 0. The van der Waals surface area contributed by atoms with E-state index >= 15 is 0 Å². The molecule has 0 aliphatic carbocycles. The number of aromatic nitrogens is 1. The van der Waals surface area contributed by atoms with Gasteiger partial charge in [0.25, 0.3) is 0 Å². The Labute approximate surface area is 158 Å². The summed E-state index contributed by atoms with van der Waals surface area (Å²) in [4.78, 5) is 18.4. The van der Waals surface area contributed by atoms with E-state index in [9.17, 15) is 9.18 Å². The maximum atomic E-state index is 13.3. The van der Waals surface area contributed by atoms with Crippen LogP contribution < -0.4 is 9.64 Å². The number of hydrogen-bond donors (Lipinski definition) is 0. The highest BCUT2D eigenvalue weighted by Crippen LogP contribution is 2.35. The molecule has 0 unspecified atom stereocenters. The molecule has 0 atom stereocenters. The zero-order chi connectivity index (χ0) is 19.2. The first-order valence-electron chi connectivity index (χ1n) is 8.69. The number of rotatable bonds is 6. The van der Waals surface area contributed by atoms with Crippen LogP contribution in [0.2, 0.25) is 0 Å². The number of ether oxygens (including phenoxy) is 1. The molecule has 1 amide bonds. The molecule has 0 radical (unpaired) electrons. The molecule has 0 spiro atoms. The van der Waals surface area contributed by atoms with Crippen molar-refractivity contribution in [2.45, 2.75) is 27.1 Å². The van der Waals surface area contributed by atoms with Crippen LogP contribution in [-0.2, 0) is 18.0 Å². The molecule has 0 N–H and O–H groups in total. The third-order valence-corrected chi connectivity index (χ3v) is 4.28. The van der Waals surface area contributed by atoms with Gasteiger partial charge in [-0.2, -0.15) is 0 Å². The molecular weight excluding hydrogens is 343 g/mol. The number of amides is 1. The van der Waals surface area contributed by atoms with Crippen LogP contribution in [0.25, 0.3) is 0 Å². The lowest BCUT2D eigenvalue weighted by Crippen LogP contribution is -2.29. The number of carbonyl (C=O) groups excluding carboxylic acids is 1. The molecule has 5 heteroatoms. The first-order chi connectivity index (χ1) is 13.1. The van der Waals surface area contributed by atoms with Crippen molar-refractivity contribution in [1.29, 1.82) is 0 Å². The van der Waals surface area contributed by atoms with E-state index in [1.54, 1.807) is 29.3 Å². The van der Waals surface area contributed by atoms with Crippen molar-refractivity contribution in [2.24, 2.45) is 0 Å². The third kappa shape index (κ3) is 4.31. The average Bonchev–Trinajstić information content (AvgIpc) is 2.68. The topological polar surface area (TPSA) is 42.4 Å². The lowest BCUT2D eigenvalue weighted by molar-refractivity contribution is -0.116. The van der Waals surface area contributed by atoms with E-state index in [0.29, 0.717) is 28.4 Å². The van der Waals surface area contributed by atoms with Gasteiger partial charge in [-0.15, -0.1) is 0 Å². The van der Waals surface area contributed by atoms with Crippen molar-refractivity contribution < 1.29 is 13.9 Å². The van der Waals surface area contributed by atoms with E-state index in [4.69, 9.17) is 4.74 Å². The van der Waals surface area contributed by atoms with Crippen LogP contribution in [0.1, 0.15) is 23.7 Å². The summed E-state index contributed by atoms with van der Waals surface area (Å²) in [6.45, 7) is 2.97. The van der Waals surface area contributed by atoms with Gasteiger partial charge in [0, 0.05) is 19.2 Å². The van der Waals surface area contributed by atoms with Gasteiger partial charge in [-0.25, -0.2) is 4.39 Å². The Hall–Kier alpha value is -3.21. The number of aryl methyl sites for hydroxylation is 1. The lowest BCUT2D eigenvalue weighted by atomic mass is 10.1. The predicted molar refractivity (Wildman–Crippen MR) is 104 cm³/mol. The van der Waals surface area contributed by atoms with Gasteiger partial charge in [0.2, 0.25) is 5.91 Å². The summed E-state index contributed by atoms with van der Waals surface area (Å²) in [5.74, 6) is 1.02. The van der Waals surface area contributed by atoms with E-state index in [-0.39, 0.29) is 12.5 Å². The quantitative estimate of drug-likeness (QED) is 0.603. The van der Waals surface area contributed by atoms with Crippen LogP contribution in [0.15, 0.2) is 66.9 Å². The van der Waals surface area contributed by atoms with E-state index in [1.807, 2.05) is 49.4 Å². The molecule has 0 fully saturated rings. The average molecular weight is 364 g/mol. The Morgan fingerprint density at radius 3 is 2.37 bits per heavy atom. The second-order valence-electron chi connectivity index (χ2n) is 6.17. The van der Waals surface area contributed by atoms with Gasteiger partial charge in [0.15, 0.2) is 5.75 Å². The number of alkyl halides is 1. The van der Waals surface area contributed by atoms with Crippen LogP contribution in [0.3, 0.4) is 0 Å². The van der Waals surface area contributed by atoms with Gasteiger partial charge in [-0.05, 0) is 30.2 Å². The minimum absolute atomic E-state index is 0.169. The fourth-order valence-corrected chi connectivity index (χ4v) is 2.92. The smallest absolute Gasteiger partial charge is 0.224 e. The molecule has 0 aliphatic heterocycles. The third-order valence-electron chi connectivity index (χ3n) is 4.28. The number of halogens is 1. The minimum Gasteiger partial charge on any atom is -0.455 e. The number of carbonyl (C=O) groups is 1. The lowest BCUT2D eigenvalue weighted by Gasteiger charge is -2.26. The zero-order valence-corrected chi connectivity index (χ0v) is 15.4. The molecule has 3 aromatic rings. The molecule has 138 valence electrons. The van der Waals surface area contributed by atoms with Crippen molar-refractivity contribution in [3.05, 3.63) is 83.7 Å². The number of anilines is 1. The maximum absolute atomic E-state index is 13.3. The highest BCUT2D eigenvalue weighted by atomic mass is 19.1. The molecule has 2 aromatic carbocycles. The molecule has 3 rings (SSSR count). The summed E-state index contributed by atoms with van der Waals surface area (Å²) in [5, 5.41) is 0. The molecule has 27 heavy (non-hydrogen) atoms. The summed E-state index contributed by atoms with van der Waals surface area (Å²) in [6.07, 6.45) is 1.64. The summed E-state index contributed by atoms with van der Waals surface area (Å²) in [7, 11) is 0. The normalized spacial score (nSPS) is 10.5. The van der Waals surface area contributed by atoms with Gasteiger partial charge in [-0.3, -0.25) is 9.78 Å². The van der Waals surface area contributed by atoms with Crippen molar-refractivity contribution in [2.75, 3.05) is 4.90 Å². The standard InChI is InChI=1S/C22H21FN2O2/c1-16-22(21(12-13-24-16)27-20-10-4-3-5-11-20)25(17(2)26)15-19-9-7-6-8-18(19)14-23/h3-13H,14-15H2,1-2H3. The molecule has 1 aromatic heterocycles. The first kappa shape index (κ1) is 18.6. The highest BCUT2D eigenvalue weighted by Gasteiger charge is 2.21. The number of benzene rings is 2. The van der Waals surface area contributed by atoms with Crippen LogP contribution in [0.4, 0.5) is 10.1 Å². The van der Waals surface area contributed by atoms with E-state index in [1.165, 1.54) is 6.92 Å². The molecule has 0 saturated heterocycles. The monoisotopic (exact) mass is 364 g/mol. The Morgan fingerprint density at radius 1 is 1.04 bits per heavy atom. The van der Waals surface area contributed by atoms with Gasteiger partial charge in [0.1, 0.15) is 18.1 Å². The van der Waals surface area contributed by atoms with Crippen molar-refractivity contribution in [3.8, 4) is 11.5 Å². The minimum atomic E-state index is -0.582. The Kier molecular flexibility index (Phi) is 5.81. The maximum Gasteiger partial charge on any atom is 0.224 e. The SMILES string of the molecule is CC(=O)N(Cc1ccccc1CF)c1c(Oc2ccccc2)ccnc1C. The summed E-state index contributed by atoms with van der Waals surface area (Å²) in [6, 6.07) is 18.3. The number of pyridine rings is 1. The largest absolute Gasteiger partial charge is 0.455 e. The molecule has 1 heterocycles. The van der Waals surface area contributed by atoms with Crippen LogP contribution in [-0.4, -0.2) is 10.9 Å². The second-order valence-corrected chi connectivity index (χ2v) is 6.17. The van der Waals surface area contributed by atoms with Crippen LogP contribution in [0, 0.1) is 6.92 Å². The number of hydrogen-bond acceptors (Lipinski definition) is 3. The van der Waals surface area contributed by atoms with Crippen molar-refractivity contribution in [1.82, 2.24) is 4.98 Å². The van der Waals surface area contributed by atoms with E-state index in [2.05, 4.69) is 4.98 Å². The van der Waals surface area contributed by atoms with Crippen molar-refractivity contribution in [3.63, 3.8) is 0 Å². The van der Waals surface area contributed by atoms with Gasteiger partial charge in [0.05, 0.1) is 12.2 Å². The number of para-hydroxylation sites is 1. The van der Waals surface area contributed by atoms with Gasteiger partial charge in [-0.1, -0.05) is 42.5 Å². The van der Waals surface area contributed by atoms with E-state index < -0.39 is 6.67 Å². The molecule has 0 aliphatic rings. The zero-order valence-electron chi connectivity index (χ0n) is 15.4. The molecule has 0 saturated carbocycles. The Morgan fingerprint density at radius 2 is 1.70 bits per heavy atom. The molecule has 0 bridgehead atoms. The molecular formula is C22H21FN2O2. The predicted octanol–water partition coefficient (Wildman–Crippen LogP) is 5.20. The second kappa shape index (κ2) is 8.45. The first-order valence-corrected chi connectivity index (χ1v) is 8.69. The summed E-state index contributed by atoms with van der Waals surface area (Å²) < 4.78 is 19.4. The fourth-order valence-electron chi connectivity index (χ4n) is 2.92. The summed E-state index contributed by atoms with van der Waals surface area (Å²) in [5.41, 5.74) is 2.57. The van der Waals surface area contributed by atoms with Gasteiger partial charge < -0.3 is 9.64 Å². The van der Waals surface area contributed by atoms with Crippen LogP contribution >= 0.6 is 0 Å². The molecule has 4 nitrogen and oxygen atoms in total. The number of nitrogens with zero attached hydrogens (tertiary/aromatic N) is 2. The highest BCUT2D eigenvalue weighted by molar-refractivity contribution is 5.93.